The Morgan fingerprint density at radius 2 is 2.15 bits per heavy atom. The van der Waals surface area contributed by atoms with Gasteiger partial charge in [0.15, 0.2) is 0 Å². The number of carbonyl (C=O) groups excluding carboxylic acids is 1. The van der Waals surface area contributed by atoms with Crippen molar-refractivity contribution < 1.29 is 9.21 Å². The summed E-state index contributed by atoms with van der Waals surface area (Å²) in [6, 6.07) is 9.25. The van der Waals surface area contributed by atoms with E-state index in [4.69, 9.17) is 4.42 Å². The largest absolute Gasteiger partial charge is 0.472 e. The SMILES string of the molecule is Cc1nc(-c2ccccc2NC(=O)c2ccoc2)cs1. The Labute approximate surface area is 120 Å². The molecule has 1 aromatic carbocycles. The topological polar surface area (TPSA) is 55.1 Å². The van der Waals surface area contributed by atoms with E-state index in [1.807, 2.05) is 36.6 Å². The van der Waals surface area contributed by atoms with Crippen LogP contribution in [0.4, 0.5) is 5.69 Å². The van der Waals surface area contributed by atoms with E-state index in [9.17, 15) is 4.79 Å². The number of benzene rings is 1. The third kappa shape index (κ3) is 2.48. The number of hydrogen-bond donors (Lipinski definition) is 1. The maximum Gasteiger partial charge on any atom is 0.258 e. The molecule has 2 aromatic heterocycles. The van der Waals surface area contributed by atoms with E-state index in [2.05, 4.69) is 10.3 Å². The quantitative estimate of drug-likeness (QED) is 0.792. The van der Waals surface area contributed by atoms with Crippen molar-refractivity contribution in [2.24, 2.45) is 0 Å². The molecule has 1 amide bonds. The van der Waals surface area contributed by atoms with E-state index in [1.165, 1.54) is 12.5 Å². The first-order chi connectivity index (χ1) is 9.74. The number of nitrogens with one attached hydrogen (secondary N) is 1. The predicted molar refractivity (Wildman–Crippen MR) is 78.9 cm³/mol. The summed E-state index contributed by atoms with van der Waals surface area (Å²) in [6.07, 6.45) is 2.90. The third-order valence-electron chi connectivity index (χ3n) is 2.85. The number of rotatable bonds is 3. The van der Waals surface area contributed by atoms with Crippen molar-refractivity contribution in [3.8, 4) is 11.3 Å². The molecule has 1 N–H and O–H groups in total. The molecule has 0 aliphatic heterocycles. The molecule has 0 saturated carbocycles. The molecule has 0 aliphatic rings. The lowest BCUT2D eigenvalue weighted by atomic mass is 10.1. The van der Waals surface area contributed by atoms with Crippen molar-refractivity contribution in [1.29, 1.82) is 0 Å². The van der Waals surface area contributed by atoms with Crippen molar-refractivity contribution in [3.05, 3.63) is 58.8 Å². The van der Waals surface area contributed by atoms with Gasteiger partial charge in [0.05, 0.1) is 28.2 Å². The number of para-hydroxylation sites is 1. The molecule has 4 nitrogen and oxygen atoms in total. The van der Waals surface area contributed by atoms with Crippen molar-refractivity contribution in [2.75, 3.05) is 5.32 Å². The Bertz CT molecular complexity index is 732. The first-order valence-corrected chi connectivity index (χ1v) is 6.97. The molecule has 0 aliphatic carbocycles. The van der Waals surface area contributed by atoms with Crippen LogP contribution in [-0.2, 0) is 0 Å². The lowest BCUT2D eigenvalue weighted by Gasteiger charge is -2.08. The van der Waals surface area contributed by atoms with Crippen LogP contribution in [-0.4, -0.2) is 10.9 Å². The molecule has 5 heteroatoms. The molecule has 0 atom stereocenters. The number of anilines is 1. The Hall–Kier alpha value is -2.40. The van der Waals surface area contributed by atoms with E-state index < -0.39 is 0 Å². The van der Waals surface area contributed by atoms with Crippen LogP contribution in [0, 0.1) is 6.92 Å². The third-order valence-corrected chi connectivity index (χ3v) is 3.63. The molecule has 20 heavy (non-hydrogen) atoms. The molecule has 3 aromatic rings. The maximum absolute atomic E-state index is 12.1. The van der Waals surface area contributed by atoms with Gasteiger partial charge < -0.3 is 9.73 Å². The lowest BCUT2D eigenvalue weighted by molar-refractivity contribution is 0.102. The number of aryl methyl sites for hydroxylation is 1. The average Bonchev–Trinajstić information content (AvgIpc) is 3.10. The fourth-order valence-electron chi connectivity index (χ4n) is 1.89. The first-order valence-electron chi connectivity index (χ1n) is 6.09. The molecule has 0 fully saturated rings. The van der Waals surface area contributed by atoms with Crippen LogP contribution in [0.1, 0.15) is 15.4 Å². The van der Waals surface area contributed by atoms with Gasteiger partial charge in [0.25, 0.3) is 5.91 Å². The molecule has 0 saturated heterocycles. The molecule has 0 radical (unpaired) electrons. The van der Waals surface area contributed by atoms with Gasteiger partial charge in [-0.2, -0.15) is 0 Å². The first kappa shape index (κ1) is 12.6. The Kier molecular flexibility index (Phi) is 3.35. The Balaban J connectivity index is 1.92. The highest BCUT2D eigenvalue weighted by Gasteiger charge is 2.12. The summed E-state index contributed by atoms with van der Waals surface area (Å²) in [6.45, 7) is 1.96. The van der Waals surface area contributed by atoms with Crippen molar-refractivity contribution in [2.45, 2.75) is 6.92 Å². The second-order valence-corrected chi connectivity index (χ2v) is 5.33. The summed E-state index contributed by atoms with van der Waals surface area (Å²) in [5.74, 6) is -0.196. The minimum atomic E-state index is -0.196. The van der Waals surface area contributed by atoms with Crippen LogP contribution >= 0.6 is 11.3 Å². The predicted octanol–water partition coefficient (Wildman–Crippen LogP) is 3.96. The Morgan fingerprint density at radius 1 is 1.30 bits per heavy atom. The van der Waals surface area contributed by atoms with Gasteiger partial charge in [-0.1, -0.05) is 18.2 Å². The van der Waals surface area contributed by atoms with Gasteiger partial charge in [-0.15, -0.1) is 11.3 Å². The van der Waals surface area contributed by atoms with Crippen molar-refractivity contribution >= 4 is 22.9 Å². The fourth-order valence-corrected chi connectivity index (χ4v) is 2.50. The van der Waals surface area contributed by atoms with Crippen LogP contribution in [0.25, 0.3) is 11.3 Å². The van der Waals surface area contributed by atoms with Crippen LogP contribution in [0.5, 0.6) is 0 Å². The van der Waals surface area contributed by atoms with Gasteiger partial charge in [-0.05, 0) is 19.1 Å². The van der Waals surface area contributed by atoms with E-state index in [0.717, 1.165) is 22.0 Å². The fraction of sp³-hybridized carbons (Fsp3) is 0.0667. The summed E-state index contributed by atoms with van der Waals surface area (Å²) >= 11 is 1.59. The van der Waals surface area contributed by atoms with Crippen LogP contribution < -0.4 is 5.32 Å². The second-order valence-electron chi connectivity index (χ2n) is 4.26. The summed E-state index contributed by atoms with van der Waals surface area (Å²) in [7, 11) is 0. The second kappa shape index (κ2) is 5.30. The number of nitrogens with zero attached hydrogens (tertiary/aromatic N) is 1. The number of carbonyl (C=O) groups is 1. The number of hydrogen-bond acceptors (Lipinski definition) is 4. The molecule has 3 rings (SSSR count). The van der Waals surface area contributed by atoms with Gasteiger partial charge in [0.2, 0.25) is 0 Å². The zero-order valence-electron chi connectivity index (χ0n) is 10.8. The summed E-state index contributed by atoms with van der Waals surface area (Å²) in [5.41, 5.74) is 3.02. The summed E-state index contributed by atoms with van der Waals surface area (Å²) < 4.78 is 4.92. The van der Waals surface area contributed by atoms with E-state index in [1.54, 1.807) is 17.4 Å². The molecule has 2 heterocycles. The van der Waals surface area contributed by atoms with E-state index >= 15 is 0 Å². The average molecular weight is 284 g/mol. The van der Waals surface area contributed by atoms with E-state index in [-0.39, 0.29) is 5.91 Å². The monoisotopic (exact) mass is 284 g/mol. The number of thiazole rings is 1. The van der Waals surface area contributed by atoms with E-state index in [0.29, 0.717) is 5.56 Å². The molecule has 100 valence electrons. The number of aromatic nitrogens is 1. The van der Waals surface area contributed by atoms with Crippen LogP contribution in [0.2, 0.25) is 0 Å². The molecule has 0 spiro atoms. The van der Waals surface area contributed by atoms with Crippen molar-refractivity contribution in [3.63, 3.8) is 0 Å². The smallest absolute Gasteiger partial charge is 0.258 e. The normalized spacial score (nSPS) is 10.4. The highest BCUT2D eigenvalue weighted by atomic mass is 32.1. The standard InChI is InChI=1S/C15H12N2O2S/c1-10-16-14(9-20-10)12-4-2-3-5-13(12)17-15(18)11-6-7-19-8-11/h2-9H,1H3,(H,17,18). The van der Waals surface area contributed by atoms with Gasteiger partial charge in [0.1, 0.15) is 6.26 Å². The number of amides is 1. The molecular formula is C15H12N2O2S. The molecular weight excluding hydrogens is 272 g/mol. The minimum Gasteiger partial charge on any atom is -0.472 e. The minimum absolute atomic E-state index is 0.196. The van der Waals surface area contributed by atoms with Crippen LogP contribution in [0.15, 0.2) is 52.7 Å². The molecule has 0 unspecified atom stereocenters. The highest BCUT2D eigenvalue weighted by molar-refractivity contribution is 7.09. The van der Waals surface area contributed by atoms with Gasteiger partial charge in [-0.3, -0.25) is 4.79 Å². The zero-order chi connectivity index (χ0) is 13.9. The zero-order valence-corrected chi connectivity index (χ0v) is 11.6. The Morgan fingerprint density at radius 3 is 2.85 bits per heavy atom. The maximum atomic E-state index is 12.1. The highest BCUT2D eigenvalue weighted by Crippen LogP contribution is 2.29. The summed E-state index contributed by atoms with van der Waals surface area (Å²) in [5, 5.41) is 5.87. The van der Waals surface area contributed by atoms with Gasteiger partial charge in [0, 0.05) is 10.9 Å². The summed E-state index contributed by atoms with van der Waals surface area (Å²) in [4.78, 5) is 16.5. The van der Waals surface area contributed by atoms with Crippen LogP contribution in [0.3, 0.4) is 0 Å². The molecule has 0 bridgehead atoms. The van der Waals surface area contributed by atoms with Crippen molar-refractivity contribution in [1.82, 2.24) is 4.98 Å². The lowest BCUT2D eigenvalue weighted by Crippen LogP contribution is -2.11. The number of furan rings is 1. The van der Waals surface area contributed by atoms with Gasteiger partial charge >= 0.3 is 0 Å². The van der Waals surface area contributed by atoms with Gasteiger partial charge in [-0.25, -0.2) is 4.98 Å².